The number of carbonyl (C=O) groups is 2. The zero-order chi connectivity index (χ0) is 15.7. The third-order valence-electron chi connectivity index (χ3n) is 3.75. The van der Waals surface area contributed by atoms with Gasteiger partial charge in [-0.3, -0.25) is 4.79 Å². The van der Waals surface area contributed by atoms with Crippen LogP contribution in [0.5, 0.6) is 0 Å². The molecule has 0 unspecified atom stereocenters. The number of amides is 1. The first-order valence-electron chi connectivity index (χ1n) is 6.86. The van der Waals surface area contributed by atoms with Crippen LogP contribution in [0.2, 0.25) is 0 Å². The fourth-order valence-electron chi connectivity index (χ4n) is 2.56. The zero-order valence-corrected chi connectivity index (χ0v) is 12.9. The van der Waals surface area contributed by atoms with Crippen molar-refractivity contribution in [2.75, 3.05) is 12.8 Å². The van der Waals surface area contributed by atoms with Crippen molar-refractivity contribution in [3.05, 3.63) is 52.8 Å². The number of carboxylic acids is 1. The van der Waals surface area contributed by atoms with Gasteiger partial charge in [-0.05, 0) is 48.1 Å². The van der Waals surface area contributed by atoms with E-state index in [1.807, 2.05) is 12.3 Å². The second-order valence-corrected chi connectivity index (χ2v) is 5.90. The van der Waals surface area contributed by atoms with E-state index in [2.05, 4.69) is 0 Å². The normalized spacial score (nSPS) is 13.8. The highest BCUT2D eigenvalue weighted by Crippen LogP contribution is 2.24. The van der Waals surface area contributed by atoms with Gasteiger partial charge < -0.3 is 14.4 Å². The molecular formula is C16H15NO4S. The van der Waals surface area contributed by atoms with Crippen LogP contribution in [0.15, 0.2) is 39.8 Å². The summed E-state index contributed by atoms with van der Waals surface area (Å²) in [5.74, 6) is -0.796. The average molecular weight is 317 g/mol. The molecular weight excluding hydrogens is 302 g/mol. The third-order valence-corrected chi connectivity index (χ3v) is 4.37. The number of rotatable bonds is 3. The number of carbonyl (C=O) groups excluding carboxylic acids is 1. The molecule has 114 valence electrons. The Morgan fingerprint density at radius 1 is 1.23 bits per heavy atom. The first-order valence-corrected chi connectivity index (χ1v) is 8.09. The Hall–Kier alpha value is -2.21. The summed E-state index contributed by atoms with van der Waals surface area (Å²) in [6.45, 7) is 1.01. The lowest BCUT2D eigenvalue weighted by Crippen LogP contribution is -2.35. The standard InChI is InChI=1S/C16H15NO4S/c1-22-14-5-4-13(21-14)15(18)17-7-6-10-2-3-11(16(19)20)8-12(10)9-17/h2-5,8H,6-7,9H2,1H3,(H,19,20). The summed E-state index contributed by atoms with van der Waals surface area (Å²) < 4.78 is 5.48. The first kappa shape index (κ1) is 14.7. The fourth-order valence-corrected chi connectivity index (χ4v) is 2.94. The van der Waals surface area contributed by atoms with Gasteiger partial charge in [-0.15, -0.1) is 0 Å². The summed E-state index contributed by atoms with van der Waals surface area (Å²) in [7, 11) is 0. The molecule has 6 heteroatoms. The lowest BCUT2D eigenvalue weighted by molar-refractivity contribution is 0.0695. The second kappa shape index (κ2) is 5.88. The predicted octanol–water partition coefficient (Wildman–Crippen LogP) is 2.90. The number of aromatic carboxylic acids is 1. The van der Waals surface area contributed by atoms with E-state index in [0.717, 1.165) is 17.5 Å². The number of furan rings is 1. The van der Waals surface area contributed by atoms with Gasteiger partial charge in [0.1, 0.15) is 0 Å². The van der Waals surface area contributed by atoms with Crippen LogP contribution >= 0.6 is 11.8 Å². The first-order chi connectivity index (χ1) is 10.6. The maximum Gasteiger partial charge on any atom is 0.335 e. The Bertz CT molecular complexity index is 737. The predicted molar refractivity (Wildman–Crippen MR) is 82.3 cm³/mol. The van der Waals surface area contributed by atoms with Gasteiger partial charge in [0.2, 0.25) is 0 Å². The SMILES string of the molecule is CSc1ccc(C(=O)N2CCc3ccc(C(=O)O)cc3C2)o1. The van der Waals surface area contributed by atoms with Crippen LogP contribution < -0.4 is 0 Å². The molecule has 0 aliphatic carbocycles. The van der Waals surface area contributed by atoms with Gasteiger partial charge in [0.25, 0.3) is 5.91 Å². The lowest BCUT2D eigenvalue weighted by Gasteiger charge is -2.28. The molecule has 1 aromatic heterocycles. The molecule has 0 saturated carbocycles. The van der Waals surface area contributed by atoms with Gasteiger partial charge in [-0.2, -0.15) is 0 Å². The number of hydrogen-bond donors (Lipinski definition) is 1. The van der Waals surface area contributed by atoms with E-state index >= 15 is 0 Å². The summed E-state index contributed by atoms with van der Waals surface area (Å²) in [5, 5.41) is 9.77. The van der Waals surface area contributed by atoms with Crippen molar-refractivity contribution in [1.82, 2.24) is 4.90 Å². The maximum atomic E-state index is 12.5. The highest BCUT2D eigenvalue weighted by Gasteiger charge is 2.24. The molecule has 2 heterocycles. The molecule has 0 atom stereocenters. The van der Waals surface area contributed by atoms with E-state index in [-0.39, 0.29) is 11.5 Å². The van der Waals surface area contributed by atoms with Crippen molar-refractivity contribution >= 4 is 23.6 Å². The van der Waals surface area contributed by atoms with Gasteiger partial charge in [0.15, 0.2) is 10.9 Å². The van der Waals surface area contributed by atoms with Crippen molar-refractivity contribution in [2.24, 2.45) is 0 Å². The molecule has 3 rings (SSSR count). The van der Waals surface area contributed by atoms with E-state index in [4.69, 9.17) is 9.52 Å². The number of benzene rings is 1. The molecule has 0 saturated heterocycles. The Morgan fingerprint density at radius 3 is 2.73 bits per heavy atom. The smallest absolute Gasteiger partial charge is 0.335 e. The molecule has 0 fully saturated rings. The second-order valence-electron chi connectivity index (χ2n) is 5.09. The Morgan fingerprint density at radius 2 is 2.05 bits per heavy atom. The minimum absolute atomic E-state index is 0.160. The fraction of sp³-hybridized carbons (Fsp3) is 0.250. The Labute approximate surface area is 131 Å². The maximum absolute atomic E-state index is 12.5. The number of carboxylic acid groups (broad SMARTS) is 1. The lowest BCUT2D eigenvalue weighted by atomic mass is 9.97. The van der Waals surface area contributed by atoms with Crippen molar-refractivity contribution in [3.8, 4) is 0 Å². The van der Waals surface area contributed by atoms with Crippen LogP contribution in [-0.2, 0) is 13.0 Å². The number of fused-ring (bicyclic) bond motifs is 1. The van der Waals surface area contributed by atoms with Gasteiger partial charge in [0.05, 0.1) is 5.56 Å². The summed E-state index contributed by atoms with van der Waals surface area (Å²) in [5.41, 5.74) is 2.23. The quantitative estimate of drug-likeness (QED) is 0.881. The number of nitrogens with zero attached hydrogens (tertiary/aromatic N) is 1. The van der Waals surface area contributed by atoms with Crippen molar-refractivity contribution in [1.29, 1.82) is 0 Å². The zero-order valence-electron chi connectivity index (χ0n) is 12.0. The van der Waals surface area contributed by atoms with Crippen molar-refractivity contribution < 1.29 is 19.1 Å². The molecule has 2 aromatic rings. The molecule has 1 aliphatic heterocycles. The third kappa shape index (κ3) is 2.74. The Balaban J connectivity index is 1.82. The molecule has 1 N–H and O–H groups in total. The molecule has 0 bridgehead atoms. The van der Waals surface area contributed by atoms with E-state index < -0.39 is 5.97 Å². The highest BCUT2D eigenvalue weighted by molar-refractivity contribution is 7.98. The van der Waals surface area contributed by atoms with Crippen molar-refractivity contribution in [3.63, 3.8) is 0 Å². The van der Waals surface area contributed by atoms with Crippen LogP contribution in [0.25, 0.3) is 0 Å². The van der Waals surface area contributed by atoms with Crippen LogP contribution in [0.4, 0.5) is 0 Å². The molecule has 22 heavy (non-hydrogen) atoms. The van der Waals surface area contributed by atoms with Gasteiger partial charge in [-0.1, -0.05) is 17.8 Å². The summed E-state index contributed by atoms with van der Waals surface area (Å²) in [6.07, 6.45) is 2.61. The molecule has 5 nitrogen and oxygen atoms in total. The van der Waals surface area contributed by atoms with Crippen molar-refractivity contribution in [2.45, 2.75) is 18.1 Å². The minimum atomic E-state index is -0.957. The Kier molecular flexibility index (Phi) is 3.94. The summed E-state index contributed by atoms with van der Waals surface area (Å²) >= 11 is 1.44. The van der Waals surface area contributed by atoms with E-state index in [1.165, 1.54) is 11.8 Å². The number of hydrogen-bond acceptors (Lipinski definition) is 4. The number of thioether (sulfide) groups is 1. The highest BCUT2D eigenvalue weighted by atomic mass is 32.2. The molecule has 1 aliphatic rings. The van der Waals surface area contributed by atoms with E-state index in [9.17, 15) is 9.59 Å². The molecule has 0 spiro atoms. The van der Waals surface area contributed by atoms with Gasteiger partial charge in [0, 0.05) is 13.1 Å². The molecule has 0 radical (unpaired) electrons. The van der Waals surface area contributed by atoms with E-state index in [0.29, 0.717) is 23.9 Å². The monoisotopic (exact) mass is 317 g/mol. The van der Waals surface area contributed by atoms with Crippen LogP contribution in [0.3, 0.4) is 0 Å². The average Bonchev–Trinajstić information content (AvgIpc) is 3.02. The summed E-state index contributed by atoms with van der Waals surface area (Å²) in [6, 6.07) is 8.54. The van der Waals surface area contributed by atoms with Crippen LogP contribution in [0.1, 0.15) is 32.0 Å². The topological polar surface area (TPSA) is 70.8 Å². The van der Waals surface area contributed by atoms with E-state index in [1.54, 1.807) is 29.2 Å². The van der Waals surface area contributed by atoms with Gasteiger partial charge in [-0.25, -0.2) is 4.79 Å². The summed E-state index contributed by atoms with van der Waals surface area (Å²) in [4.78, 5) is 25.2. The van der Waals surface area contributed by atoms with Gasteiger partial charge >= 0.3 is 5.97 Å². The van der Waals surface area contributed by atoms with Crippen LogP contribution in [0, 0.1) is 0 Å². The van der Waals surface area contributed by atoms with Crippen LogP contribution in [-0.4, -0.2) is 34.7 Å². The molecule has 1 aromatic carbocycles. The largest absolute Gasteiger partial charge is 0.478 e. The molecule has 1 amide bonds. The minimum Gasteiger partial charge on any atom is -0.478 e.